The minimum absolute atomic E-state index is 0.0154. The highest BCUT2D eigenvalue weighted by molar-refractivity contribution is 7.89. The van der Waals surface area contributed by atoms with Crippen molar-refractivity contribution in [2.75, 3.05) is 37.6 Å². The molecular formula is C23H31N3O3S. The molecule has 2 aromatic rings. The molecule has 0 atom stereocenters. The second-order valence-electron chi connectivity index (χ2n) is 7.98. The fraction of sp³-hybridized carbons (Fsp3) is 0.435. The molecule has 1 aliphatic heterocycles. The quantitative estimate of drug-likeness (QED) is 0.767. The summed E-state index contributed by atoms with van der Waals surface area (Å²) in [5.74, 6) is -0.0154. The van der Waals surface area contributed by atoms with Crippen LogP contribution >= 0.6 is 0 Å². The van der Waals surface area contributed by atoms with E-state index in [-0.39, 0.29) is 23.8 Å². The molecule has 0 bridgehead atoms. The van der Waals surface area contributed by atoms with Crippen LogP contribution < -0.4 is 9.62 Å². The number of aryl methyl sites for hydroxylation is 3. The molecule has 1 saturated heterocycles. The van der Waals surface area contributed by atoms with Crippen molar-refractivity contribution in [1.29, 1.82) is 0 Å². The molecule has 0 radical (unpaired) electrons. The van der Waals surface area contributed by atoms with Gasteiger partial charge in [-0.3, -0.25) is 4.79 Å². The van der Waals surface area contributed by atoms with Gasteiger partial charge in [0.25, 0.3) is 0 Å². The second kappa shape index (κ2) is 9.18. The van der Waals surface area contributed by atoms with Crippen molar-refractivity contribution >= 4 is 21.6 Å². The van der Waals surface area contributed by atoms with Gasteiger partial charge in [0, 0.05) is 44.8 Å². The molecule has 0 unspecified atom stereocenters. The molecule has 1 heterocycles. The first-order chi connectivity index (χ1) is 14.2. The lowest BCUT2D eigenvalue weighted by Gasteiger charge is -2.37. The van der Waals surface area contributed by atoms with Gasteiger partial charge < -0.3 is 9.80 Å². The van der Waals surface area contributed by atoms with Gasteiger partial charge in [-0.15, -0.1) is 0 Å². The number of nitrogens with zero attached hydrogens (tertiary/aromatic N) is 2. The number of rotatable bonds is 6. The Bertz CT molecular complexity index is 1030. The molecule has 162 valence electrons. The summed E-state index contributed by atoms with van der Waals surface area (Å²) in [5, 5.41) is 0. The van der Waals surface area contributed by atoms with E-state index in [4.69, 9.17) is 0 Å². The van der Waals surface area contributed by atoms with Gasteiger partial charge in [0.05, 0.1) is 4.90 Å². The largest absolute Gasteiger partial charge is 0.368 e. The standard InChI is InChI=1S/C23H31N3O3S/c1-17-8-9-21(16-19(17)3)30(28,29)24-11-10-23(27)26-14-12-25(13-15-26)22-7-5-6-18(2)20(22)4/h5-9,16,24H,10-15H2,1-4H3. The summed E-state index contributed by atoms with van der Waals surface area (Å²) in [5.41, 5.74) is 5.74. The van der Waals surface area contributed by atoms with Crippen molar-refractivity contribution in [1.82, 2.24) is 9.62 Å². The number of amides is 1. The van der Waals surface area contributed by atoms with Crippen molar-refractivity contribution < 1.29 is 13.2 Å². The summed E-state index contributed by atoms with van der Waals surface area (Å²) in [7, 11) is -3.61. The summed E-state index contributed by atoms with van der Waals surface area (Å²) >= 11 is 0. The van der Waals surface area contributed by atoms with E-state index in [0.717, 1.165) is 24.2 Å². The molecule has 1 aliphatic rings. The van der Waals surface area contributed by atoms with Gasteiger partial charge in [0.2, 0.25) is 15.9 Å². The zero-order chi connectivity index (χ0) is 21.9. The molecule has 0 aromatic heterocycles. The predicted octanol–water partition coefficient (Wildman–Crippen LogP) is 2.94. The molecule has 1 fully saturated rings. The Balaban J connectivity index is 1.50. The predicted molar refractivity (Wildman–Crippen MR) is 120 cm³/mol. The van der Waals surface area contributed by atoms with Crippen molar-refractivity contribution in [2.45, 2.75) is 39.0 Å². The number of piperazine rings is 1. The second-order valence-corrected chi connectivity index (χ2v) is 9.75. The van der Waals surface area contributed by atoms with Gasteiger partial charge in [0.15, 0.2) is 0 Å². The lowest BCUT2D eigenvalue weighted by Crippen LogP contribution is -2.49. The van der Waals surface area contributed by atoms with Crippen LogP contribution in [0.25, 0.3) is 0 Å². The van der Waals surface area contributed by atoms with Crippen LogP contribution in [0.1, 0.15) is 28.7 Å². The number of hydrogen-bond acceptors (Lipinski definition) is 4. The number of carbonyl (C=O) groups is 1. The highest BCUT2D eigenvalue weighted by Gasteiger charge is 2.23. The topological polar surface area (TPSA) is 69.7 Å². The SMILES string of the molecule is Cc1ccc(S(=O)(=O)NCCC(=O)N2CCN(c3cccc(C)c3C)CC2)cc1C. The first kappa shape index (κ1) is 22.3. The highest BCUT2D eigenvalue weighted by atomic mass is 32.2. The van der Waals surface area contributed by atoms with E-state index in [1.54, 1.807) is 18.2 Å². The van der Waals surface area contributed by atoms with E-state index in [0.29, 0.717) is 13.1 Å². The summed E-state index contributed by atoms with van der Waals surface area (Å²) in [6, 6.07) is 11.4. The van der Waals surface area contributed by atoms with Crippen LogP contribution in [0.2, 0.25) is 0 Å². The maximum Gasteiger partial charge on any atom is 0.240 e. The smallest absolute Gasteiger partial charge is 0.240 e. The van der Waals surface area contributed by atoms with E-state index in [1.807, 2.05) is 18.7 Å². The molecule has 3 rings (SSSR count). The maximum absolute atomic E-state index is 12.6. The molecular weight excluding hydrogens is 398 g/mol. The molecule has 0 spiro atoms. The molecule has 30 heavy (non-hydrogen) atoms. The number of hydrogen-bond donors (Lipinski definition) is 1. The first-order valence-corrected chi connectivity index (χ1v) is 11.8. The van der Waals surface area contributed by atoms with Gasteiger partial charge in [-0.2, -0.15) is 0 Å². The third-order valence-electron chi connectivity index (χ3n) is 5.97. The van der Waals surface area contributed by atoms with Gasteiger partial charge in [-0.25, -0.2) is 13.1 Å². The fourth-order valence-electron chi connectivity index (χ4n) is 3.69. The Labute approximate surface area is 179 Å². The van der Waals surface area contributed by atoms with Crippen molar-refractivity contribution in [2.24, 2.45) is 0 Å². The van der Waals surface area contributed by atoms with E-state index in [1.165, 1.54) is 16.8 Å². The molecule has 2 aromatic carbocycles. The molecule has 1 amide bonds. The fourth-order valence-corrected chi connectivity index (χ4v) is 4.81. The summed E-state index contributed by atoms with van der Waals surface area (Å²) in [6.45, 7) is 11.0. The molecule has 7 heteroatoms. The minimum atomic E-state index is -3.61. The average molecular weight is 430 g/mol. The number of carbonyl (C=O) groups excluding carboxylic acids is 1. The average Bonchev–Trinajstić information content (AvgIpc) is 2.72. The van der Waals surface area contributed by atoms with E-state index in [9.17, 15) is 13.2 Å². The van der Waals surface area contributed by atoms with Crippen LogP contribution in [0.3, 0.4) is 0 Å². The Morgan fingerprint density at radius 2 is 1.63 bits per heavy atom. The Morgan fingerprint density at radius 1 is 0.933 bits per heavy atom. The summed E-state index contributed by atoms with van der Waals surface area (Å²) < 4.78 is 27.5. The minimum Gasteiger partial charge on any atom is -0.368 e. The summed E-state index contributed by atoms with van der Waals surface area (Å²) in [4.78, 5) is 16.9. The summed E-state index contributed by atoms with van der Waals surface area (Å²) in [6.07, 6.45) is 0.160. The van der Waals surface area contributed by atoms with Crippen LogP contribution in [0, 0.1) is 27.7 Å². The van der Waals surface area contributed by atoms with Crippen LogP contribution in [0.5, 0.6) is 0 Å². The zero-order valence-electron chi connectivity index (χ0n) is 18.2. The third kappa shape index (κ3) is 5.02. The Kier molecular flexibility index (Phi) is 6.83. The molecule has 0 aliphatic carbocycles. The van der Waals surface area contributed by atoms with E-state index >= 15 is 0 Å². The lowest BCUT2D eigenvalue weighted by atomic mass is 10.1. The van der Waals surface area contributed by atoms with Gasteiger partial charge in [0.1, 0.15) is 0 Å². The number of sulfonamides is 1. The number of benzene rings is 2. The van der Waals surface area contributed by atoms with Gasteiger partial charge >= 0.3 is 0 Å². The monoisotopic (exact) mass is 429 g/mol. The lowest BCUT2D eigenvalue weighted by molar-refractivity contribution is -0.131. The van der Waals surface area contributed by atoms with Gasteiger partial charge in [-0.05, 0) is 68.1 Å². The zero-order valence-corrected chi connectivity index (χ0v) is 19.1. The van der Waals surface area contributed by atoms with E-state index in [2.05, 4.69) is 41.7 Å². The van der Waals surface area contributed by atoms with Crippen molar-refractivity contribution in [3.8, 4) is 0 Å². The Morgan fingerprint density at radius 3 is 2.30 bits per heavy atom. The normalized spacial score (nSPS) is 14.8. The molecule has 1 N–H and O–H groups in total. The number of anilines is 1. The van der Waals surface area contributed by atoms with Crippen molar-refractivity contribution in [3.63, 3.8) is 0 Å². The van der Waals surface area contributed by atoms with Crippen LogP contribution in [0.15, 0.2) is 41.3 Å². The Hall–Kier alpha value is -2.38. The molecule has 6 nitrogen and oxygen atoms in total. The van der Waals surface area contributed by atoms with Crippen LogP contribution in [0.4, 0.5) is 5.69 Å². The maximum atomic E-state index is 12.6. The van der Waals surface area contributed by atoms with E-state index < -0.39 is 10.0 Å². The van der Waals surface area contributed by atoms with Crippen LogP contribution in [-0.2, 0) is 14.8 Å². The molecule has 0 saturated carbocycles. The van der Waals surface area contributed by atoms with Crippen molar-refractivity contribution in [3.05, 3.63) is 58.7 Å². The van der Waals surface area contributed by atoms with Gasteiger partial charge in [-0.1, -0.05) is 18.2 Å². The highest BCUT2D eigenvalue weighted by Crippen LogP contribution is 2.24. The third-order valence-corrected chi connectivity index (χ3v) is 7.43. The van der Waals surface area contributed by atoms with Crippen LogP contribution in [-0.4, -0.2) is 51.9 Å². The first-order valence-electron chi connectivity index (χ1n) is 10.3. The number of nitrogens with one attached hydrogen (secondary N) is 1.